The molecule has 0 unspecified atom stereocenters. The first-order chi connectivity index (χ1) is 6.27. The quantitative estimate of drug-likeness (QED) is 0.535. The average Bonchev–Trinajstić information content (AvgIpc) is 2.48. The van der Waals surface area contributed by atoms with Gasteiger partial charge in [-0.15, -0.1) is 0 Å². The highest BCUT2D eigenvalue weighted by Gasteiger charge is 2.11. The van der Waals surface area contributed by atoms with Crippen molar-refractivity contribution in [3.63, 3.8) is 0 Å². The van der Waals surface area contributed by atoms with Gasteiger partial charge in [0.1, 0.15) is 4.70 Å². The van der Waals surface area contributed by atoms with E-state index in [0.29, 0.717) is 5.92 Å². The van der Waals surface area contributed by atoms with E-state index >= 15 is 0 Å². The van der Waals surface area contributed by atoms with Crippen LogP contribution in [0.3, 0.4) is 0 Å². The Morgan fingerprint density at radius 2 is 2.00 bits per heavy atom. The first-order valence-electron chi connectivity index (χ1n) is 4.63. The van der Waals surface area contributed by atoms with Gasteiger partial charge >= 0.3 is 0 Å². The van der Waals surface area contributed by atoms with Crippen LogP contribution in [0, 0.1) is 5.92 Å². The third kappa shape index (κ3) is 2.45. The molecule has 2 aromatic rings. The van der Waals surface area contributed by atoms with E-state index < -0.39 is 0 Å². The summed E-state index contributed by atoms with van der Waals surface area (Å²) in [6, 6.07) is 8.56. The van der Waals surface area contributed by atoms with E-state index in [1.54, 1.807) is 0 Å². The van der Waals surface area contributed by atoms with Gasteiger partial charge in [-0.2, -0.15) is 4.57 Å². The van der Waals surface area contributed by atoms with Gasteiger partial charge in [0.05, 0.1) is 0 Å². The monoisotopic (exact) mass is 319 g/mol. The van der Waals surface area contributed by atoms with Crippen molar-refractivity contribution >= 4 is 21.6 Å². The first kappa shape index (κ1) is 11.9. The summed E-state index contributed by atoms with van der Waals surface area (Å²) in [4.78, 5) is 0. The Morgan fingerprint density at radius 3 is 2.71 bits per heavy atom. The lowest BCUT2D eigenvalue weighted by Gasteiger charge is -1.97. The van der Waals surface area contributed by atoms with Gasteiger partial charge in [-0.1, -0.05) is 37.3 Å². The van der Waals surface area contributed by atoms with E-state index in [1.807, 2.05) is 11.3 Å². The number of rotatable bonds is 2. The molecule has 3 heteroatoms. The van der Waals surface area contributed by atoms with Crippen molar-refractivity contribution in [2.75, 3.05) is 0 Å². The van der Waals surface area contributed by atoms with Crippen molar-refractivity contribution in [3.05, 3.63) is 29.8 Å². The van der Waals surface area contributed by atoms with E-state index in [9.17, 15) is 0 Å². The molecular weight excluding hydrogens is 305 g/mol. The zero-order valence-corrected chi connectivity index (χ0v) is 11.4. The molecule has 0 aliphatic heterocycles. The molecule has 0 aliphatic rings. The molecule has 1 aromatic heterocycles. The fourth-order valence-corrected chi connectivity index (χ4v) is 2.41. The lowest BCUT2D eigenvalue weighted by Crippen LogP contribution is -3.00. The fraction of sp³-hybridized carbons (Fsp3) is 0.364. The van der Waals surface area contributed by atoms with Crippen LogP contribution in [0.1, 0.15) is 13.8 Å². The summed E-state index contributed by atoms with van der Waals surface area (Å²) in [5.74, 6) is 0.711. The number of hydrogen-bond acceptors (Lipinski definition) is 1. The van der Waals surface area contributed by atoms with E-state index in [1.165, 1.54) is 10.2 Å². The number of benzene rings is 1. The molecule has 0 N–H and O–H groups in total. The highest BCUT2D eigenvalue weighted by molar-refractivity contribution is 7.16. The largest absolute Gasteiger partial charge is 1.00 e. The van der Waals surface area contributed by atoms with E-state index in [-0.39, 0.29) is 24.0 Å². The molecule has 0 fully saturated rings. The number of aromatic nitrogens is 1. The molecule has 0 bridgehead atoms. The Kier molecular flexibility index (Phi) is 4.31. The molecule has 0 atom stereocenters. The molecule has 1 aromatic carbocycles. The van der Waals surface area contributed by atoms with Crippen LogP contribution in [0.25, 0.3) is 10.2 Å². The van der Waals surface area contributed by atoms with Crippen LogP contribution in [0.4, 0.5) is 0 Å². The molecular formula is C11H14INS. The van der Waals surface area contributed by atoms with Gasteiger partial charge < -0.3 is 24.0 Å². The van der Waals surface area contributed by atoms with Crippen LogP contribution in [0.5, 0.6) is 0 Å². The van der Waals surface area contributed by atoms with Gasteiger partial charge in [0.25, 0.3) is 0 Å². The SMILES string of the molecule is CC(C)C[n+]1csc2ccccc21.[I-]. The molecule has 0 radical (unpaired) electrons. The Balaban J connectivity index is 0.000000980. The summed E-state index contributed by atoms with van der Waals surface area (Å²) < 4.78 is 3.72. The van der Waals surface area contributed by atoms with Crippen LogP contribution in [-0.4, -0.2) is 0 Å². The van der Waals surface area contributed by atoms with Gasteiger partial charge in [0.2, 0.25) is 11.0 Å². The van der Waals surface area contributed by atoms with Gasteiger partial charge in [-0.3, -0.25) is 0 Å². The summed E-state index contributed by atoms with van der Waals surface area (Å²) in [6.45, 7) is 5.61. The van der Waals surface area contributed by atoms with Crippen molar-refractivity contribution < 1.29 is 28.5 Å². The number of halogens is 1. The van der Waals surface area contributed by atoms with Crippen LogP contribution in [-0.2, 0) is 6.54 Å². The van der Waals surface area contributed by atoms with E-state index in [0.717, 1.165) is 6.54 Å². The molecule has 0 amide bonds. The minimum absolute atomic E-state index is 0. The Morgan fingerprint density at radius 1 is 1.29 bits per heavy atom. The second-order valence-electron chi connectivity index (χ2n) is 3.74. The van der Waals surface area contributed by atoms with E-state index in [2.05, 4.69) is 48.2 Å². The Hall–Kier alpha value is -0.160. The van der Waals surface area contributed by atoms with E-state index in [4.69, 9.17) is 0 Å². The summed E-state index contributed by atoms with van der Waals surface area (Å²) in [5, 5.41) is 0. The zero-order chi connectivity index (χ0) is 9.26. The van der Waals surface area contributed by atoms with Crippen LogP contribution in [0.15, 0.2) is 29.8 Å². The normalized spacial score (nSPS) is 10.5. The lowest BCUT2D eigenvalue weighted by atomic mass is 10.2. The van der Waals surface area contributed by atoms with Crippen molar-refractivity contribution in [3.8, 4) is 0 Å². The van der Waals surface area contributed by atoms with Crippen molar-refractivity contribution in [1.82, 2.24) is 0 Å². The molecule has 14 heavy (non-hydrogen) atoms. The third-order valence-electron chi connectivity index (χ3n) is 2.04. The van der Waals surface area contributed by atoms with Gasteiger partial charge in [-0.25, -0.2) is 0 Å². The summed E-state index contributed by atoms with van der Waals surface area (Å²) >= 11 is 1.82. The number of fused-ring (bicyclic) bond motifs is 1. The summed E-state index contributed by atoms with van der Waals surface area (Å²) in [5.41, 5.74) is 3.58. The van der Waals surface area contributed by atoms with Gasteiger partial charge in [-0.05, 0) is 6.07 Å². The van der Waals surface area contributed by atoms with Gasteiger partial charge in [0, 0.05) is 12.0 Å². The van der Waals surface area contributed by atoms with Crippen LogP contribution >= 0.6 is 11.3 Å². The topological polar surface area (TPSA) is 3.88 Å². The molecule has 1 nitrogen and oxygen atoms in total. The highest BCUT2D eigenvalue weighted by atomic mass is 127. The molecule has 0 saturated carbocycles. The van der Waals surface area contributed by atoms with Crippen molar-refractivity contribution in [2.45, 2.75) is 20.4 Å². The van der Waals surface area contributed by atoms with Crippen molar-refractivity contribution in [2.24, 2.45) is 5.92 Å². The smallest absolute Gasteiger partial charge is 0.225 e. The maximum absolute atomic E-state index is 2.34. The highest BCUT2D eigenvalue weighted by Crippen LogP contribution is 2.15. The molecule has 1 heterocycles. The second kappa shape index (κ2) is 5.07. The molecule has 2 rings (SSSR count). The predicted octanol–water partition coefficient (Wildman–Crippen LogP) is -0.151. The molecule has 76 valence electrons. The molecule has 0 spiro atoms. The molecule has 0 aliphatic carbocycles. The summed E-state index contributed by atoms with van der Waals surface area (Å²) in [6.07, 6.45) is 0. The lowest BCUT2D eigenvalue weighted by molar-refractivity contribution is -0.672. The van der Waals surface area contributed by atoms with Gasteiger partial charge in [0.15, 0.2) is 6.54 Å². The predicted molar refractivity (Wildman–Crippen MR) is 56.9 cm³/mol. The van der Waals surface area contributed by atoms with Crippen LogP contribution < -0.4 is 28.5 Å². The number of thiazole rings is 1. The standard InChI is InChI=1S/C11H14NS.HI/c1-9(2)7-12-8-13-11-6-4-3-5-10(11)12;/h3-6,8-9H,7H2,1-2H3;1H/q+1;/p-1. The minimum Gasteiger partial charge on any atom is -1.00 e. The molecule has 0 saturated heterocycles. The number of para-hydroxylation sites is 1. The Bertz CT molecular complexity index is 408. The number of hydrogen-bond donors (Lipinski definition) is 0. The average molecular weight is 319 g/mol. The second-order valence-corrected chi connectivity index (χ2v) is 4.62. The first-order valence-corrected chi connectivity index (χ1v) is 5.51. The third-order valence-corrected chi connectivity index (χ3v) is 3.00. The minimum atomic E-state index is 0. The fourth-order valence-electron chi connectivity index (χ4n) is 1.51. The zero-order valence-electron chi connectivity index (χ0n) is 8.40. The Labute approximate surface area is 106 Å². The number of nitrogens with zero attached hydrogens (tertiary/aromatic N) is 1. The summed E-state index contributed by atoms with van der Waals surface area (Å²) in [7, 11) is 0. The van der Waals surface area contributed by atoms with Crippen LogP contribution in [0.2, 0.25) is 0 Å². The van der Waals surface area contributed by atoms with Crippen molar-refractivity contribution in [1.29, 1.82) is 0 Å². The maximum atomic E-state index is 2.34. The maximum Gasteiger partial charge on any atom is 0.225 e.